The van der Waals surface area contributed by atoms with E-state index in [1.54, 1.807) is 0 Å². The first-order chi connectivity index (χ1) is 5.16. The largest absolute Gasteiger partial charge is 0.363 e. The van der Waals surface area contributed by atoms with Gasteiger partial charge in [-0.15, -0.1) is 0 Å². The van der Waals surface area contributed by atoms with Gasteiger partial charge in [-0.1, -0.05) is 6.92 Å². The quantitative estimate of drug-likeness (QED) is 0.611. The highest BCUT2D eigenvalue weighted by molar-refractivity contribution is 5.05. The fourth-order valence-electron chi connectivity index (χ4n) is 1.49. The van der Waals surface area contributed by atoms with Crippen LogP contribution in [0.25, 0.3) is 0 Å². The van der Waals surface area contributed by atoms with E-state index in [1.165, 1.54) is 0 Å². The summed E-state index contributed by atoms with van der Waals surface area (Å²) in [6.45, 7) is 3.17. The average molecular weight is 155 g/mol. The molecule has 1 aliphatic rings. The van der Waals surface area contributed by atoms with Crippen LogP contribution in [0, 0.1) is 0 Å². The smallest absolute Gasteiger partial charge is 0.100 e. The predicted molar refractivity (Wildman–Crippen MR) is 47.0 cm³/mol. The van der Waals surface area contributed by atoms with Crippen molar-refractivity contribution >= 4 is 0 Å². The van der Waals surface area contributed by atoms with Crippen molar-refractivity contribution in [3.8, 4) is 0 Å². The van der Waals surface area contributed by atoms with Gasteiger partial charge in [0.05, 0.1) is 6.04 Å². The van der Waals surface area contributed by atoms with Gasteiger partial charge in [-0.05, 0) is 25.9 Å². The number of hydrogen-bond acceptors (Lipinski definition) is 3. The molecular formula is C8H17N3. The molecule has 1 heterocycles. The zero-order valence-corrected chi connectivity index (χ0v) is 7.49. The lowest BCUT2D eigenvalue weighted by Crippen LogP contribution is -2.49. The molecule has 0 aromatic carbocycles. The van der Waals surface area contributed by atoms with E-state index in [4.69, 9.17) is 5.73 Å². The zero-order chi connectivity index (χ0) is 8.43. The van der Waals surface area contributed by atoms with Gasteiger partial charge in [-0.2, -0.15) is 0 Å². The second-order valence-electron chi connectivity index (χ2n) is 3.07. The molecule has 0 aromatic rings. The molecule has 1 rings (SSSR count). The van der Waals surface area contributed by atoms with Crippen LogP contribution in [0.2, 0.25) is 0 Å². The van der Waals surface area contributed by atoms with Gasteiger partial charge in [0.1, 0.15) is 6.17 Å². The van der Waals surface area contributed by atoms with Gasteiger partial charge in [-0.25, -0.2) is 0 Å². The van der Waals surface area contributed by atoms with Crippen LogP contribution in [-0.4, -0.2) is 42.6 Å². The highest BCUT2D eigenvalue weighted by atomic mass is 15.3. The SMILES string of the molecule is CCN(C)C1C(N)C=CN1C. The van der Waals surface area contributed by atoms with Gasteiger partial charge in [0.2, 0.25) is 0 Å². The summed E-state index contributed by atoms with van der Waals surface area (Å²) >= 11 is 0. The maximum atomic E-state index is 5.88. The van der Waals surface area contributed by atoms with Crippen molar-refractivity contribution in [1.29, 1.82) is 0 Å². The maximum absolute atomic E-state index is 5.88. The molecule has 0 spiro atoms. The fraction of sp³-hybridized carbons (Fsp3) is 0.750. The van der Waals surface area contributed by atoms with Crippen molar-refractivity contribution in [1.82, 2.24) is 9.80 Å². The lowest BCUT2D eigenvalue weighted by molar-refractivity contribution is 0.129. The second kappa shape index (κ2) is 3.24. The number of nitrogens with zero attached hydrogens (tertiary/aromatic N) is 2. The van der Waals surface area contributed by atoms with Gasteiger partial charge >= 0.3 is 0 Å². The second-order valence-corrected chi connectivity index (χ2v) is 3.07. The molecule has 2 atom stereocenters. The number of nitrogens with two attached hydrogens (primary N) is 1. The Morgan fingerprint density at radius 1 is 1.64 bits per heavy atom. The molecule has 0 bridgehead atoms. The van der Waals surface area contributed by atoms with Crippen LogP contribution in [0.5, 0.6) is 0 Å². The summed E-state index contributed by atoms with van der Waals surface area (Å²) in [5.74, 6) is 0. The highest BCUT2D eigenvalue weighted by Crippen LogP contribution is 2.13. The first-order valence-corrected chi connectivity index (χ1v) is 4.03. The molecule has 0 amide bonds. The van der Waals surface area contributed by atoms with Crippen molar-refractivity contribution in [2.75, 3.05) is 20.6 Å². The molecule has 0 aromatic heterocycles. The van der Waals surface area contributed by atoms with Crippen LogP contribution < -0.4 is 5.73 Å². The topological polar surface area (TPSA) is 32.5 Å². The van der Waals surface area contributed by atoms with Gasteiger partial charge in [0.15, 0.2) is 0 Å². The molecule has 0 aliphatic carbocycles. The molecule has 0 radical (unpaired) electrons. The van der Waals surface area contributed by atoms with Gasteiger partial charge < -0.3 is 10.6 Å². The molecule has 0 fully saturated rings. The monoisotopic (exact) mass is 155 g/mol. The van der Waals surface area contributed by atoms with Crippen molar-refractivity contribution in [2.45, 2.75) is 19.1 Å². The maximum Gasteiger partial charge on any atom is 0.100 e. The van der Waals surface area contributed by atoms with Gasteiger partial charge in [-0.3, -0.25) is 4.90 Å². The summed E-state index contributed by atoms with van der Waals surface area (Å²) in [5.41, 5.74) is 5.88. The summed E-state index contributed by atoms with van der Waals surface area (Å²) < 4.78 is 0. The minimum Gasteiger partial charge on any atom is -0.363 e. The van der Waals surface area contributed by atoms with E-state index in [2.05, 4.69) is 30.8 Å². The van der Waals surface area contributed by atoms with Crippen molar-refractivity contribution in [3.63, 3.8) is 0 Å². The third-order valence-electron chi connectivity index (χ3n) is 2.26. The number of rotatable bonds is 2. The number of hydrogen-bond donors (Lipinski definition) is 1. The molecule has 1 aliphatic heterocycles. The Morgan fingerprint density at radius 3 is 2.64 bits per heavy atom. The van der Waals surface area contributed by atoms with Crippen LogP contribution >= 0.6 is 0 Å². The Hall–Kier alpha value is -0.540. The third kappa shape index (κ3) is 1.54. The average Bonchev–Trinajstić information content (AvgIpc) is 2.30. The minimum atomic E-state index is 0.157. The van der Waals surface area contributed by atoms with E-state index < -0.39 is 0 Å². The fourth-order valence-corrected chi connectivity index (χ4v) is 1.49. The molecule has 3 heteroatoms. The van der Waals surface area contributed by atoms with Crippen molar-refractivity contribution in [2.24, 2.45) is 5.73 Å². The van der Waals surface area contributed by atoms with E-state index >= 15 is 0 Å². The van der Waals surface area contributed by atoms with Crippen LogP contribution in [0.1, 0.15) is 6.92 Å². The minimum absolute atomic E-state index is 0.157. The lowest BCUT2D eigenvalue weighted by Gasteiger charge is -2.32. The molecule has 0 saturated heterocycles. The standard InChI is InChI=1S/C8H17N3/c1-4-10(2)8-7(9)5-6-11(8)3/h5-8H,4,9H2,1-3H3. The Morgan fingerprint density at radius 2 is 2.27 bits per heavy atom. The van der Waals surface area contributed by atoms with Gasteiger partial charge in [0, 0.05) is 7.05 Å². The lowest BCUT2D eigenvalue weighted by atomic mass is 10.2. The molecule has 0 saturated carbocycles. The zero-order valence-electron chi connectivity index (χ0n) is 7.49. The van der Waals surface area contributed by atoms with Crippen molar-refractivity contribution in [3.05, 3.63) is 12.3 Å². The normalized spacial score (nSPS) is 30.5. The van der Waals surface area contributed by atoms with E-state index in [-0.39, 0.29) is 6.04 Å². The first-order valence-electron chi connectivity index (χ1n) is 4.03. The van der Waals surface area contributed by atoms with Crippen LogP contribution in [0.4, 0.5) is 0 Å². The molecule has 3 nitrogen and oxygen atoms in total. The van der Waals surface area contributed by atoms with E-state index in [0.29, 0.717) is 6.17 Å². The molecule has 64 valence electrons. The summed E-state index contributed by atoms with van der Waals surface area (Å²) in [7, 11) is 4.15. The van der Waals surface area contributed by atoms with Crippen LogP contribution in [-0.2, 0) is 0 Å². The van der Waals surface area contributed by atoms with Crippen LogP contribution in [0.15, 0.2) is 12.3 Å². The summed E-state index contributed by atoms with van der Waals surface area (Å²) in [6.07, 6.45) is 4.43. The summed E-state index contributed by atoms with van der Waals surface area (Å²) in [4.78, 5) is 4.39. The third-order valence-corrected chi connectivity index (χ3v) is 2.26. The van der Waals surface area contributed by atoms with E-state index in [9.17, 15) is 0 Å². The highest BCUT2D eigenvalue weighted by Gasteiger charge is 2.26. The van der Waals surface area contributed by atoms with Gasteiger partial charge in [0.25, 0.3) is 0 Å². The van der Waals surface area contributed by atoms with E-state index in [0.717, 1.165) is 6.54 Å². The van der Waals surface area contributed by atoms with E-state index in [1.807, 2.05) is 12.3 Å². The predicted octanol–water partition coefficient (Wildman–Crippen LogP) is 0.0506. The Labute approximate surface area is 68.5 Å². The molecular weight excluding hydrogens is 138 g/mol. The summed E-state index contributed by atoms with van der Waals surface area (Å²) in [6, 6.07) is 0.157. The molecule has 2 N–H and O–H groups in total. The summed E-state index contributed by atoms with van der Waals surface area (Å²) in [5, 5.41) is 0. The van der Waals surface area contributed by atoms with Crippen molar-refractivity contribution < 1.29 is 0 Å². The molecule has 2 unspecified atom stereocenters. The van der Waals surface area contributed by atoms with Crippen LogP contribution in [0.3, 0.4) is 0 Å². The molecule has 11 heavy (non-hydrogen) atoms. The Balaban J connectivity index is 2.57. The Kier molecular flexibility index (Phi) is 2.52. The number of likely N-dealkylation sites (N-methyl/N-ethyl adjacent to an activating group) is 2. The first kappa shape index (κ1) is 8.56. The Bertz CT molecular complexity index is 143.